The van der Waals surface area contributed by atoms with Gasteiger partial charge in [0.1, 0.15) is 5.41 Å². The molecule has 64 valence electrons. The van der Waals surface area contributed by atoms with Crippen LogP contribution in [0, 0.1) is 11.3 Å². The van der Waals surface area contributed by atoms with Crippen molar-refractivity contribution in [3.63, 3.8) is 0 Å². The Morgan fingerprint density at radius 1 is 1.50 bits per heavy atom. The van der Waals surface area contributed by atoms with E-state index in [1.165, 1.54) is 0 Å². The van der Waals surface area contributed by atoms with Crippen LogP contribution in [0.1, 0.15) is 19.3 Å². The van der Waals surface area contributed by atoms with E-state index in [9.17, 15) is 14.4 Å². The maximum atomic E-state index is 11.3. The lowest BCUT2D eigenvalue weighted by Crippen LogP contribution is -2.35. The van der Waals surface area contributed by atoms with Crippen LogP contribution in [-0.2, 0) is 14.4 Å². The molecule has 0 saturated heterocycles. The minimum atomic E-state index is -1.12. The first-order chi connectivity index (χ1) is 5.58. The van der Waals surface area contributed by atoms with Crippen molar-refractivity contribution in [3.8, 4) is 0 Å². The van der Waals surface area contributed by atoms with Gasteiger partial charge in [0.05, 0.1) is 0 Å². The second-order valence-electron chi connectivity index (χ2n) is 3.49. The molecule has 2 fully saturated rings. The van der Waals surface area contributed by atoms with Crippen LogP contribution in [0.2, 0.25) is 0 Å². The van der Waals surface area contributed by atoms with Gasteiger partial charge in [-0.2, -0.15) is 0 Å². The molecule has 0 radical (unpaired) electrons. The Balaban J connectivity index is 2.46. The van der Waals surface area contributed by atoms with Crippen molar-refractivity contribution in [1.29, 1.82) is 0 Å². The quantitative estimate of drug-likeness (QED) is 0.344. The Morgan fingerprint density at radius 2 is 2.17 bits per heavy atom. The summed E-state index contributed by atoms with van der Waals surface area (Å²) in [4.78, 5) is 33.4. The maximum Gasteiger partial charge on any atom is 0.235 e. The number of hydrogen-bond acceptors (Lipinski definition) is 3. The number of fused-ring (bicyclic) bond motifs is 2. The van der Waals surface area contributed by atoms with Gasteiger partial charge in [-0.1, -0.05) is 0 Å². The van der Waals surface area contributed by atoms with Crippen molar-refractivity contribution in [2.24, 2.45) is 11.3 Å². The molecule has 0 aliphatic heterocycles. The van der Waals surface area contributed by atoms with Gasteiger partial charge in [0, 0.05) is 5.92 Å². The largest absolute Gasteiger partial charge is 0.291 e. The number of ketones is 2. The zero-order valence-corrected chi connectivity index (χ0v) is 7.06. The Labute approximate surface area is 74.1 Å². The van der Waals surface area contributed by atoms with E-state index in [1.54, 1.807) is 0 Å². The van der Waals surface area contributed by atoms with Gasteiger partial charge in [0.2, 0.25) is 16.8 Å². The standard InChI is InChI=1S/C8H7ClO3/c9-7(12)8-2-1-4(3-8)5(10)6(8)11/h4H,1-3H2. The predicted molar refractivity (Wildman–Crippen MR) is 40.6 cm³/mol. The van der Waals surface area contributed by atoms with Crippen LogP contribution in [0.5, 0.6) is 0 Å². The third-order valence-corrected chi connectivity index (χ3v) is 3.28. The van der Waals surface area contributed by atoms with Gasteiger partial charge < -0.3 is 0 Å². The number of rotatable bonds is 1. The summed E-state index contributed by atoms with van der Waals surface area (Å²) in [6.45, 7) is 0. The number of Topliss-reactive ketones (excluding diaryl/α,β-unsaturated/α-hetero) is 2. The first-order valence-corrected chi connectivity index (χ1v) is 4.24. The molecule has 0 aromatic carbocycles. The van der Waals surface area contributed by atoms with Gasteiger partial charge in [-0.25, -0.2) is 0 Å². The van der Waals surface area contributed by atoms with E-state index >= 15 is 0 Å². The summed E-state index contributed by atoms with van der Waals surface area (Å²) < 4.78 is 0. The van der Waals surface area contributed by atoms with E-state index in [2.05, 4.69) is 0 Å². The first kappa shape index (κ1) is 7.92. The molecule has 0 aromatic heterocycles. The van der Waals surface area contributed by atoms with Crippen LogP contribution in [0.15, 0.2) is 0 Å². The highest BCUT2D eigenvalue weighted by molar-refractivity contribution is 6.69. The third-order valence-electron chi connectivity index (χ3n) is 2.92. The predicted octanol–water partition coefficient (Wildman–Crippen LogP) is 0.690. The van der Waals surface area contributed by atoms with E-state index in [1.807, 2.05) is 0 Å². The summed E-state index contributed by atoms with van der Waals surface area (Å²) in [6, 6.07) is 0. The molecule has 2 saturated carbocycles. The summed E-state index contributed by atoms with van der Waals surface area (Å²) >= 11 is 5.32. The lowest BCUT2D eigenvalue weighted by molar-refractivity contribution is -0.144. The van der Waals surface area contributed by atoms with E-state index in [-0.39, 0.29) is 5.92 Å². The molecule has 2 rings (SSSR count). The number of carbonyl (C=O) groups excluding carboxylic acids is 3. The lowest BCUT2D eigenvalue weighted by atomic mass is 9.84. The molecule has 12 heavy (non-hydrogen) atoms. The molecule has 2 unspecified atom stereocenters. The van der Waals surface area contributed by atoms with Crippen LogP contribution in [0.3, 0.4) is 0 Å². The normalized spacial score (nSPS) is 39.2. The minimum absolute atomic E-state index is 0.222. The van der Waals surface area contributed by atoms with Crippen LogP contribution >= 0.6 is 11.6 Å². The van der Waals surface area contributed by atoms with Crippen LogP contribution in [0.4, 0.5) is 0 Å². The second kappa shape index (κ2) is 2.16. The van der Waals surface area contributed by atoms with Crippen molar-refractivity contribution in [2.45, 2.75) is 19.3 Å². The molecule has 0 N–H and O–H groups in total. The maximum absolute atomic E-state index is 11.3. The van der Waals surface area contributed by atoms with Crippen molar-refractivity contribution >= 4 is 28.4 Å². The van der Waals surface area contributed by atoms with Gasteiger partial charge in [0.25, 0.3) is 0 Å². The summed E-state index contributed by atoms with van der Waals surface area (Å²) in [5.41, 5.74) is -1.12. The highest BCUT2D eigenvalue weighted by atomic mass is 35.5. The van der Waals surface area contributed by atoms with E-state index < -0.39 is 22.2 Å². The van der Waals surface area contributed by atoms with E-state index in [0.717, 1.165) is 0 Å². The van der Waals surface area contributed by atoms with E-state index in [4.69, 9.17) is 11.6 Å². The van der Waals surface area contributed by atoms with Crippen molar-refractivity contribution in [2.75, 3.05) is 0 Å². The zero-order chi connectivity index (χ0) is 8.93. The topological polar surface area (TPSA) is 51.2 Å². The van der Waals surface area contributed by atoms with Gasteiger partial charge >= 0.3 is 0 Å². The Hall–Kier alpha value is -0.700. The summed E-state index contributed by atoms with van der Waals surface area (Å²) in [5, 5.41) is -0.652. The summed E-state index contributed by atoms with van der Waals surface area (Å²) in [5.74, 6) is -1.17. The molecule has 3 nitrogen and oxygen atoms in total. The van der Waals surface area contributed by atoms with Crippen LogP contribution in [0.25, 0.3) is 0 Å². The molecule has 2 aliphatic carbocycles. The SMILES string of the molecule is O=C1C(=O)C2(C(=O)Cl)CCC1C2. The van der Waals surface area contributed by atoms with E-state index in [0.29, 0.717) is 19.3 Å². The molecule has 0 heterocycles. The fourth-order valence-electron chi connectivity index (χ4n) is 2.16. The van der Waals surface area contributed by atoms with Crippen LogP contribution in [-0.4, -0.2) is 16.8 Å². The van der Waals surface area contributed by atoms with Gasteiger partial charge in [-0.3, -0.25) is 14.4 Å². The minimum Gasteiger partial charge on any atom is -0.291 e. The monoisotopic (exact) mass is 186 g/mol. The fraction of sp³-hybridized carbons (Fsp3) is 0.625. The van der Waals surface area contributed by atoms with Gasteiger partial charge in [-0.15, -0.1) is 0 Å². The van der Waals surface area contributed by atoms with Gasteiger partial charge in [0.15, 0.2) is 0 Å². The molecule has 2 bridgehead atoms. The van der Waals surface area contributed by atoms with Gasteiger partial charge in [-0.05, 0) is 30.9 Å². The third kappa shape index (κ3) is 0.698. The molecule has 0 spiro atoms. The number of hydrogen-bond donors (Lipinski definition) is 0. The van der Waals surface area contributed by atoms with Crippen molar-refractivity contribution < 1.29 is 14.4 Å². The molecule has 2 aliphatic rings. The second-order valence-corrected chi connectivity index (χ2v) is 3.83. The molecule has 2 atom stereocenters. The highest BCUT2D eigenvalue weighted by Crippen LogP contribution is 2.50. The highest BCUT2D eigenvalue weighted by Gasteiger charge is 2.61. The Morgan fingerprint density at radius 3 is 2.50 bits per heavy atom. The lowest BCUT2D eigenvalue weighted by Gasteiger charge is -2.17. The average molecular weight is 187 g/mol. The smallest absolute Gasteiger partial charge is 0.235 e. The molecular weight excluding hydrogens is 180 g/mol. The number of carbonyl (C=O) groups is 3. The summed E-state index contributed by atoms with van der Waals surface area (Å²) in [6.07, 6.45) is 1.46. The Bertz CT molecular complexity index is 297. The van der Waals surface area contributed by atoms with Crippen molar-refractivity contribution in [1.82, 2.24) is 0 Å². The zero-order valence-electron chi connectivity index (χ0n) is 6.30. The molecule has 0 aromatic rings. The molecule has 4 heteroatoms. The molecule has 0 amide bonds. The van der Waals surface area contributed by atoms with Crippen molar-refractivity contribution in [3.05, 3.63) is 0 Å². The first-order valence-electron chi connectivity index (χ1n) is 3.86. The summed E-state index contributed by atoms with van der Waals surface area (Å²) in [7, 11) is 0. The Kier molecular flexibility index (Phi) is 1.43. The van der Waals surface area contributed by atoms with Crippen LogP contribution < -0.4 is 0 Å². The number of halogens is 1. The average Bonchev–Trinajstić information content (AvgIpc) is 2.53. The fourth-order valence-corrected chi connectivity index (χ4v) is 2.42. The molecular formula is C8H7ClO3.